The maximum absolute atomic E-state index is 13.3. The maximum Gasteiger partial charge on any atom is 0.220 e. The van der Waals surface area contributed by atoms with Gasteiger partial charge in [0, 0.05) is 12.3 Å². The van der Waals surface area contributed by atoms with Gasteiger partial charge in [-0.25, -0.2) is 8.78 Å². The third-order valence-electron chi connectivity index (χ3n) is 5.77. The smallest absolute Gasteiger partial charge is 0.220 e. The van der Waals surface area contributed by atoms with Gasteiger partial charge in [0.05, 0.1) is 6.04 Å². The molecule has 2 aliphatic rings. The third-order valence-corrected chi connectivity index (χ3v) is 5.77. The van der Waals surface area contributed by atoms with Crippen LogP contribution in [0.15, 0.2) is 41.7 Å². The molecule has 1 aromatic rings. The summed E-state index contributed by atoms with van der Waals surface area (Å²) < 4.78 is 32.1. The number of carbonyl (C=O) groups is 1. The number of hydrogen-bond donors (Lipinski definition) is 1. The Morgan fingerprint density at radius 2 is 1.96 bits per heavy atom. The quantitative estimate of drug-likeness (QED) is 0.676. The standard InChI is InChI=1S/C23H29F2NO2/c1-15-11-19(28-14-18-7-9-20(24)21(25)13-18)12-16(2)23(15)26-22(27)10-8-17-5-3-4-6-17/h7,9,11-13,15,17,23H,3-6,8,10,14H2,1-2H3,(H,26,27). The molecule has 0 spiro atoms. The number of benzene rings is 1. The fourth-order valence-electron chi connectivity index (χ4n) is 4.14. The molecule has 0 bridgehead atoms. The molecule has 0 saturated heterocycles. The second-order valence-corrected chi connectivity index (χ2v) is 8.09. The van der Waals surface area contributed by atoms with Gasteiger partial charge in [-0.1, -0.05) is 38.7 Å². The maximum atomic E-state index is 13.3. The van der Waals surface area contributed by atoms with Crippen molar-refractivity contribution in [3.8, 4) is 0 Å². The van der Waals surface area contributed by atoms with Crippen LogP contribution in [0.5, 0.6) is 0 Å². The Morgan fingerprint density at radius 1 is 1.21 bits per heavy atom. The normalized spacial score (nSPS) is 22.6. The molecule has 2 atom stereocenters. The summed E-state index contributed by atoms with van der Waals surface area (Å²) in [6.45, 7) is 4.18. The molecule has 1 N–H and O–H groups in total. The summed E-state index contributed by atoms with van der Waals surface area (Å²) in [6, 6.07) is 3.72. The van der Waals surface area contributed by atoms with Crippen LogP contribution < -0.4 is 5.32 Å². The molecule has 0 aliphatic heterocycles. The number of hydrogen-bond acceptors (Lipinski definition) is 2. The Kier molecular flexibility index (Phi) is 6.87. The predicted octanol–water partition coefficient (Wildman–Crippen LogP) is 5.42. The highest BCUT2D eigenvalue weighted by Crippen LogP contribution is 2.29. The van der Waals surface area contributed by atoms with Gasteiger partial charge in [-0.3, -0.25) is 4.79 Å². The number of amides is 1. The molecule has 1 aromatic carbocycles. The van der Waals surface area contributed by atoms with Crippen LogP contribution in [0.4, 0.5) is 8.78 Å². The predicted molar refractivity (Wildman–Crippen MR) is 105 cm³/mol. The highest BCUT2D eigenvalue weighted by Gasteiger charge is 2.25. The number of ether oxygens (including phenoxy) is 1. The Labute approximate surface area is 165 Å². The largest absolute Gasteiger partial charge is 0.489 e. The lowest BCUT2D eigenvalue weighted by Gasteiger charge is -2.28. The van der Waals surface area contributed by atoms with Crippen molar-refractivity contribution >= 4 is 5.91 Å². The molecule has 2 aliphatic carbocycles. The van der Waals surface area contributed by atoms with E-state index in [1.54, 1.807) is 0 Å². The minimum atomic E-state index is -0.876. The first-order valence-corrected chi connectivity index (χ1v) is 10.2. The first-order valence-electron chi connectivity index (χ1n) is 10.2. The van der Waals surface area contributed by atoms with Crippen LogP contribution in [0, 0.1) is 23.5 Å². The first kappa shape index (κ1) is 20.6. The Hall–Kier alpha value is -2.17. The number of allylic oxidation sites excluding steroid dienone is 1. The van der Waals surface area contributed by atoms with Gasteiger partial charge in [-0.15, -0.1) is 0 Å². The van der Waals surface area contributed by atoms with Crippen LogP contribution in [-0.2, 0) is 16.1 Å². The summed E-state index contributed by atoms with van der Waals surface area (Å²) in [6.07, 6.45) is 10.5. The van der Waals surface area contributed by atoms with Crippen LogP contribution in [0.25, 0.3) is 0 Å². The number of rotatable bonds is 7. The molecule has 0 heterocycles. The fourth-order valence-corrected chi connectivity index (χ4v) is 4.14. The Morgan fingerprint density at radius 3 is 2.64 bits per heavy atom. The highest BCUT2D eigenvalue weighted by molar-refractivity contribution is 5.76. The Balaban J connectivity index is 1.50. The molecule has 1 saturated carbocycles. The van der Waals surface area contributed by atoms with E-state index in [-0.39, 0.29) is 24.5 Å². The molecule has 2 unspecified atom stereocenters. The average molecular weight is 389 g/mol. The molecule has 152 valence electrons. The van der Waals surface area contributed by atoms with Gasteiger partial charge < -0.3 is 10.1 Å². The molecule has 0 aromatic heterocycles. The lowest BCUT2D eigenvalue weighted by atomic mass is 9.89. The molecular weight excluding hydrogens is 360 g/mol. The van der Waals surface area contributed by atoms with E-state index in [0.29, 0.717) is 23.7 Å². The van der Waals surface area contributed by atoms with Crippen molar-refractivity contribution in [3.63, 3.8) is 0 Å². The Bertz CT molecular complexity index is 766. The van der Waals surface area contributed by atoms with E-state index in [1.807, 2.05) is 26.0 Å². The zero-order valence-electron chi connectivity index (χ0n) is 16.6. The molecule has 1 fully saturated rings. The van der Waals surface area contributed by atoms with Gasteiger partial charge >= 0.3 is 0 Å². The fraction of sp³-hybridized carbons (Fsp3) is 0.522. The van der Waals surface area contributed by atoms with Crippen LogP contribution in [0.3, 0.4) is 0 Å². The van der Waals surface area contributed by atoms with E-state index < -0.39 is 11.6 Å². The average Bonchev–Trinajstić information content (AvgIpc) is 3.17. The number of carbonyl (C=O) groups excluding carboxylic acids is 1. The van der Waals surface area contributed by atoms with Crippen molar-refractivity contribution in [2.45, 2.75) is 65.0 Å². The summed E-state index contributed by atoms with van der Waals surface area (Å²) in [5.74, 6) is -0.138. The van der Waals surface area contributed by atoms with Crippen molar-refractivity contribution in [1.29, 1.82) is 0 Å². The zero-order valence-corrected chi connectivity index (χ0v) is 16.6. The molecule has 28 heavy (non-hydrogen) atoms. The second kappa shape index (κ2) is 9.35. The minimum absolute atomic E-state index is 0.0355. The zero-order chi connectivity index (χ0) is 20.1. The van der Waals surface area contributed by atoms with E-state index in [1.165, 1.54) is 31.7 Å². The SMILES string of the molecule is CC1=CC(OCc2ccc(F)c(F)c2)=CC(C)C1NC(=O)CCC1CCCC1. The lowest BCUT2D eigenvalue weighted by Crippen LogP contribution is -2.41. The van der Waals surface area contributed by atoms with Crippen molar-refractivity contribution in [1.82, 2.24) is 5.32 Å². The van der Waals surface area contributed by atoms with Crippen molar-refractivity contribution in [2.24, 2.45) is 11.8 Å². The lowest BCUT2D eigenvalue weighted by molar-refractivity contribution is -0.122. The molecule has 1 amide bonds. The van der Waals surface area contributed by atoms with Gasteiger partial charge in [-0.2, -0.15) is 0 Å². The topological polar surface area (TPSA) is 38.3 Å². The van der Waals surface area contributed by atoms with Crippen LogP contribution in [0.1, 0.15) is 57.9 Å². The number of halogens is 2. The van der Waals surface area contributed by atoms with Gasteiger partial charge in [0.2, 0.25) is 5.91 Å². The monoisotopic (exact) mass is 389 g/mol. The van der Waals surface area contributed by atoms with E-state index in [4.69, 9.17) is 4.74 Å². The molecule has 0 radical (unpaired) electrons. The van der Waals surface area contributed by atoms with Crippen molar-refractivity contribution in [3.05, 3.63) is 58.9 Å². The first-order chi connectivity index (χ1) is 13.4. The number of nitrogens with one attached hydrogen (secondary N) is 1. The third kappa shape index (κ3) is 5.43. The van der Waals surface area contributed by atoms with E-state index >= 15 is 0 Å². The molecule has 3 rings (SSSR count). The summed E-state index contributed by atoms with van der Waals surface area (Å²) in [4.78, 5) is 12.4. The molecule has 3 nitrogen and oxygen atoms in total. The summed E-state index contributed by atoms with van der Waals surface area (Å²) >= 11 is 0. The van der Waals surface area contributed by atoms with Crippen molar-refractivity contribution in [2.75, 3.05) is 0 Å². The minimum Gasteiger partial charge on any atom is -0.489 e. The summed E-state index contributed by atoms with van der Waals surface area (Å²) in [7, 11) is 0. The summed E-state index contributed by atoms with van der Waals surface area (Å²) in [5, 5.41) is 3.15. The van der Waals surface area contributed by atoms with Crippen LogP contribution in [0.2, 0.25) is 0 Å². The highest BCUT2D eigenvalue weighted by atomic mass is 19.2. The van der Waals surface area contributed by atoms with Gasteiger partial charge in [0.1, 0.15) is 12.4 Å². The van der Waals surface area contributed by atoms with E-state index in [0.717, 1.165) is 24.1 Å². The van der Waals surface area contributed by atoms with E-state index in [2.05, 4.69) is 5.32 Å². The summed E-state index contributed by atoms with van der Waals surface area (Å²) in [5.41, 5.74) is 1.60. The van der Waals surface area contributed by atoms with Crippen LogP contribution in [-0.4, -0.2) is 11.9 Å². The van der Waals surface area contributed by atoms with Gasteiger partial charge in [0.15, 0.2) is 11.6 Å². The molecule has 5 heteroatoms. The molecular formula is C23H29F2NO2. The van der Waals surface area contributed by atoms with Gasteiger partial charge in [-0.05, 0) is 54.7 Å². The van der Waals surface area contributed by atoms with E-state index in [9.17, 15) is 13.6 Å². The second-order valence-electron chi connectivity index (χ2n) is 8.09. The van der Waals surface area contributed by atoms with Crippen molar-refractivity contribution < 1.29 is 18.3 Å². The van der Waals surface area contributed by atoms with Crippen LogP contribution >= 0.6 is 0 Å². The van der Waals surface area contributed by atoms with Gasteiger partial charge in [0.25, 0.3) is 0 Å².